The Kier molecular flexibility index (Phi) is 4.95. The molecule has 4 nitrogen and oxygen atoms in total. The quantitative estimate of drug-likeness (QED) is 0.748. The molecule has 0 spiro atoms. The molecule has 3 aromatic rings. The second-order valence-electron chi connectivity index (χ2n) is 5.64. The van der Waals surface area contributed by atoms with Gasteiger partial charge in [-0.15, -0.1) is 0 Å². The van der Waals surface area contributed by atoms with Crippen molar-refractivity contribution >= 4 is 16.7 Å². The number of hydrogen-bond acceptors (Lipinski definition) is 3. The zero-order chi connectivity index (χ0) is 17.8. The number of fused-ring (bicyclic) bond motifs is 1. The first kappa shape index (κ1) is 16.9. The van der Waals surface area contributed by atoms with Crippen LogP contribution >= 0.6 is 0 Å². The molecule has 0 saturated heterocycles. The van der Waals surface area contributed by atoms with Crippen LogP contribution in [0, 0.1) is 5.82 Å². The van der Waals surface area contributed by atoms with Gasteiger partial charge in [-0.3, -0.25) is 4.79 Å². The molecule has 0 radical (unpaired) electrons. The first-order valence-corrected chi connectivity index (χ1v) is 7.87. The summed E-state index contributed by atoms with van der Waals surface area (Å²) in [5.74, 6) is -0.988. The van der Waals surface area contributed by atoms with Gasteiger partial charge in [-0.25, -0.2) is 4.39 Å². The molecule has 0 heterocycles. The van der Waals surface area contributed by atoms with Crippen molar-refractivity contribution in [3.8, 4) is 5.75 Å². The molecule has 128 valence electrons. The van der Waals surface area contributed by atoms with E-state index >= 15 is 0 Å². The number of amides is 1. The Morgan fingerprint density at radius 3 is 2.68 bits per heavy atom. The molecule has 1 unspecified atom stereocenters. The molecule has 0 aromatic heterocycles. The molecule has 3 aromatic carbocycles. The molecular weight excluding hydrogens is 321 g/mol. The van der Waals surface area contributed by atoms with Crippen LogP contribution in [0.5, 0.6) is 5.75 Å². The highest BCUT2D eigenvalue weighted by molar-refractivity contribution is 5.94. The lowest BCUT2D eigenvalue weighted by Gasteiger charge is -2.15. The Hall–Kier alpha value is -2.92. The van der Waals surface area contributed by atoms with Gasteiger partial charge in [0.15, 0.2) is 11.6 Å². The fourth-order valence-electron chi connectivity index (χ4n) is 2.75. The monoisotopic (exact) mass is 339 g/mol. The largest absolute Gasteiger partial charge is 0.494 e. The summed E-state index contributed by atoms with van der Waals surface area (Å²) in [5, 5.41) is 15.0. The average molecular weight is 339 g/mol. The van der Waals surface area contributed by atoms with Gasteiger partial charge in [0, 0.05) is 12.1 Å². The van der Waals surface area contributed by atoms with Crippen LogP contribution in [0.25, 0.3) is 10.8 Å². The van der Waals surface area contributed by atoms with E-state index in [1.165, 1.54) is 19.2 Å². The van der Waals surface area contributed by atoms with E-state index in [1.807, 2.05) is 42.5 Å². The molecule has 1 atom stereocenters. The molecule has 2 N–H and O–H groups in total. The summed E-state index contributed by atoms with van der Waals surface area (Å²) in [6.45, 7) is 0.0283. The summed E-state index contributed by atoms with van der Waals surface area (Å²) in [5.41, 5.74) is 0.905. The number of ether oxygens (including phenoxy) is 1. The topological polar surface area (TPSA) is 58.6 Å². The Bertz CT molecular complexity index is 905. The minimum Gasteiger partial charge on any atom is -0.494 e. The van der Waals surface area contributed by atoms with Crippen LogP contribution < -0.4 is 10.1 Å². The Morgan fingerprint density at radius 2 is 1.92 bits per heavy atom. The summed E-state index contributed by atoms with van der Waals surface area (Å²) in [6.07, 6.45) is -0.863. The van der Waals surface area contributed by atoms with Gasteiger partial charge in [0.05, 0.1) is 13.2 Å². The molecular formula is C20H18FNO3. The van der Waals surface area contributed by atoms with Crippen molar-refractivity contribution in [2.45, 2.75) is 6.10 Å². The van der Waals surface area contributed by atoms with Gasteiger partial charge in [-0.05, 0) is 34.5 Å². The van der Waals surface area contributed by atoms with E-state index in [2.05, 4.69) is 5.32 Å². The van der Waals surface area contributed by atoms with E-state index in [1.54, 1.807) is 0 Å². The normalized spacial score (nSPS) is 12.0. The number of methoxy groups -OCH3 is 1. The van der Waals surface area contributed by atoms with Crippen LogP contribution in [-0.4, -0.2) is 24.7 Å². The lowest BCUT2D eigenvalue weighted by Crippen LogP contribution is -2.28. The Labute approximate surface area is 144 Å². The zero-order valence-corrected chi connectivity index (χ0v) is 13.7. The second kappa shape index (κ2) is 7.32. The average Bonchev–Trinajstić information content (AvgIpc) is 2.65. The number of nitrogens with one attached hydrogen (secondary N) is 1. The van der Waals surface area contributed by atoms with Crippen LogP contribution in [-0.2, 0) is 0 Å². The molecule has 25 heavy (non-hydrogen) atoms. The summed E-state index contributed by atoms with van der Waals surface area (Å²) in [4.78, 5) is 12.2. The fourth-order valence-corrected chi connectivity index (χ4v) is 2.75. The number of hydrogen-bond donors (Lipinski definition) is 2. The number of benzene rings is 3. The van der Waals surface area contributed by atoms with E-state index in [0.717, 1.165) is 22.4 Å². The van der Waals surface area contributed by atoms with Gasteiger partial charge in [0.25, 0.3) is 5.91 Å². The lowest BCUT2D eigenvalue weighted by molar-refractivity contribution is 0.0916. The van der Waals surface area contributed by atoms with Gasteiger partial charge < -0.3 is 15.2 Å². The van der Waals surface area contributed by atoms with Crippen molar-refractivity contribution in [1.82, 2.24) is 5.32 Å². The second-order valence-corrected chi connectivity index (χ2v) is 5.64. The van der Waals surface area contributed by atoms with Crippen LogP contribution in [0.1, 0.15) is 22.0 Å². The molecule has 0 fully saturated rings. The standard InChI is InChI=1S/C20H18FNO3/c1-25-19-10-9-14(11-17(19)21)20(24)22-12-18(23)16-8-4-6-13-5-2-3-7-15(13)16/h2-11,18,23H,12H2,1H3,(H,22,24). The number of aliphatic hydroxyl groups is 1. The fraction of sp³-hybridized carbons (Fsp3) is 0.150. The summed E-state index contributed by atoms with van der Waals surface area (Å²) in [7, 11) is 1.36. The van der Waals surface area contributed by atoms with Crippen LogP contribution in [0.15, 0.2) is 60.7 Å². The highest BCUT2D eigenvalue weighted by Gasteiger charge is 2.14. The van der Waals surface area contributed by atoms with Gasteiger partial charge >= 0.3 is 0 Å². The molecule has 0 bridgehead atoms. The maximum absolute atomic E-state index is 13.7. The SMILES string of the molecule is COc1ccc(C(=O)NCC(O)c2cccc3ccccc23)cc1F. The van der Waals surface area contributed by atoms with E-state index < -0.39 is 17.8 Å². The predicted molar refractivity (Wildman–Crippen MR) is 94.2 cm³/mol. The van der Waals surface area contributed by atoms with Crippen LogP contribution in [0.4, 0.5) is 4.39 Å². The minimum absolute atomic E-state index is 0.0283. The number of halogens is 1. The van der Waals surface area contributed by atoms with E-state index in [-0.39, 0.29) is 17.9 Å². The van der Waals surface area contributed by atoms with E-state index in [0.29, 0.717) is 0 Å². The zero-order valence-electron chi connectivity index (χ0n) is 13.7. The smallest absolute Gasteiger partial charge is 0.251 e. The van der Waals surface area contributed by atoms with Crippen LogP contribution in [0.2, 0.25) is 0 Å². The molecule has 0 saturated carbocycles. The minimum atomic E-state index is -0.863. The maximum atomic E-state index is 13.7. The summed E-state index contributed by atoms with van der Waals surface area (Å²) >= 11 is 0. The molecule has 1 amide bonds. The van der Waals surface area contributed by atoms with Crippen molar-refractivity contribution in [2.75, 3.05) is 13.7 Å². The van der Waals surface area contributed by atoms with Gasteiger partial charge in [-0.2, -0.15) is 0 Å². The van der Waals surface area contributed by atoms with Crippen molar-refractivity contribution in [2.24, 2.45) is 0 Å². The number of aliphatic hydroxyl groups excluding tert-OH is 1. The third-order valence-corrected chi connectivity index (χ3v) is 4.05. The highest BCUT2D eigenvalue weighted by Crippen LogP contribution is 2.24. The Balaban J connectivity index is 1.72. The molecule has 3 rings (SSSR count). The van der Waals surface area contributed by atoms with Crippen molar-refractivity contribution in [3.63, 3.8) is 0 Å². The number of rotatable bonds is 5. The first-order chi connectivity index (χ1) is 12.1. The Morgan fingerprint density at radius 1 is 1.16 bits per heavy atom. The summed E-state index contributed by atoms with van der Waals surface area (Å²) in [6, 6.07) is 17.3. The molecule has 0 aliphatic carbocycles. The van der Waals surface area contributed by atoms with Crippen LogP contribution in [0.3, 0.4) is 0 Å². The van der Waals surface area contributed by atoms with Gasteiger partial charge in [0.1, 0.15) is 0 Å². The predicted octanol–water partition coefficient (Wildman–Crippen LogP) is 3.45. The maximum Gasteiger partial charge on any atom is 0.251 e. The lowest BCUT2D eigenvalue weighted by atomic mass is 10.0. The third kappa shape index (κ3) is 3.61. The molecule has 0 aliphatic rings. The summed E-state index contributed by atoms with van der Waals surface area (Å²) < 4.78 is 18.5. The molecule has 0 aliphatic heterocycles. The van der Waals surface area contributed by atoms with Crippen molar-refractivity contribution in [1.29, 1.82) is 0 Å². The highest BCUT2D eigenvalue weighted by atomic mass is 19.1. The molecule has 5 heteroatoms. The van der Waals surface area contributed by atoms with Crippen molar-refractivity contribution < 1.29 is 19.0 Å². The first-order valence-electron chi connectivity index (χ1n) is 7.87. The number of carbonyl (C=O) groups excluding carboxylic acids is 1. The van der Waals surface area contributed by atoms with Crippen molar-refractivity contribution in [3.05, 3.63) is 77.6 Å². The number of carbonyl (C=O) groups is 1. The van der Waals surface area contributed by atoms with E-state index in [9.17, 15) is 14.3 Å². The van der Waals surface area contributed by atoms with E-state index in [4.69, 9.17) is 4.74 Å². The third-order valence-electron chi connectivity index (χ3n) is 4.05. The van der Waals surface area contributed by atoms with Gasteiger partial charge in [0.2, 0.25) is 0 Å². The van der Waals surface area contributed by atoms with Gasteiger partial charge in [-0.1, -0.05) is 42.5 Å².